The molecule has 0 amide bonds. The second-order valence-corrected chi connectivity index (χ2v) is 6.47. The molecule has 0 spiro atoms. The minimum Gasteiger partial charge on any atom is -0.463 e. The highest BCUT2D eigenvalue weighted by molar-refractivity contribution is 6.14. The van der Waals surface area contributed by atoms with Crippen molar-refractivity contribution in [3.05, 3.63) is 71.3 Å². The molecule has 7 heteroatoms. The van der Waals surface area contributed by atoms with Gasteiger partial charge in [-0.05, 0) is 13.0 Å². The first kappa shape index (κ1) is 23.3. The van der Waals surface area contributed by atoms with Gasteiger partial charge < -0.3 is 18.9 Å². The number of hydrogen-bond acceptors (Lipinski definition) is 7. The Kier molecular flexibility index (Phi) is 9.70. The molecule has 1 atom stereocenters. The molecule has 2 rings (SSSR count). The van der Waals surface area contributed by atoms with E-state index in [9.17, 15) is 14.4 Å². The summed E-state index contributed by atoms with van der Waals surface area (Å²) in [7, 11) is 0. The molecule has 0 aliphatic heterocycles. The van der Waals surface area contributed by atoms with Gasteiger partial charge in [0.25, 0.3) is 0 Å². The Morgan fingerprint density at radius 1 is 0.800 bits per heavy atom. The molecule has 2 aromatic rings. The van der Waals surface area contributed by atoms with Crippen molar-refractivity contribution in [1.29, 1.82) is 0 Å². The van der Waals surface area contributed by atoms with Gasteiger partial charge in [0, 0.05) is 18.1 Å². The van der Waals surface area contributed by atoms with Crippen LogP contribution in [0.1, 0.15) is 40.1 Å². The largest absolute Gasteiger partial charge is 0.463 e. The average Bonchev–Trinajstić information content (AvgIpc) is 2.76. The van der Waals surface area contributed by atoms with Gasteiger partial charge in [-0.3, -0.25) is 9.59 Å². The summed E-state index contributed by atoms with van der Waals surface area (Å²) in [4.78, 5) is 35.8. The topological polar surface area (TPSA) is 88.1 Å². The number of ketones is 1. The van der Waals surface area contributed by atoms with Crippen LogP contribution in [-0.2, 0) is 23.7 Å². The molecule has 0 bridgehead atoms. The lowest BCUT2D eigenvalue weighted by Crippen LogP contribution is -2.21. The SMILES string of the molecule is CC(=O)OCCOC(C)COCCOC(=O)c1ccccc1C(=O)c1ccccc1. The van der Waals surface area contributed by atoms with Crippen LogP contribution < -0.4 is 0 Å². The third-order valence-electron chi connectivity index (χ3n) is 4.03. The minimum absolute atomic E-state index is 0.0485. The van der Waals surface area contributed by atoms with E-state index in [0.717, 1.165) is 0 Å². The van der Waals surface area contributed by atoms with E-state index < -0.39 is 5.97 Å². The van der Waals surface area contributed by atoms with Gasteiger partial charge in [0.15, 0.2) is 5.78 Å². The number of esters is 2. The number of rotatable bonds is 12. The summed E-state index contributed by atoms with van der Waals surface area (Å²) in [5, 5.41) is 0. The Morgan fingerprint density at radius 2 is 1.43 bits per heavy atom. The van der Waals surface area contributed by atoms with Crippen molar-refractivity contribution in [3.63, 3.8) is 0 Å². The van der Waals surface area contributed by atoms with Crippen LogP contribution in [-0.4, -0.2) is 56.9 Å². The Labute approximate surface area is 175 Å². The minimum atomic E-state index is -0.579. The van der Waals surface area contributed by atoms with Crippen LogP contribution in [0.25, 0.3) is 0 Å². The molecule has 2 aromatic carbocycles. The second kappa shape index (κ2) is 12.5. The molecule has 0 radical (unpaired) electrons. The number of carbonyl (C=O) groups is 3. The standard InChI is InChI=1S/C23H26O7/c1-17(28-14-15-29-18(2)24)16-27-12-13-30-23(26)21-11-7-6-10-20(21)22(25)19-8-4-3-5-9-19/h3-11,17H,12-16H2,1-2H3. The molecule has 7 nitrogen and oxygen atoms in total. The maximum atomic E-state index is 12.7. The summed E-state index contributed by atoms with van der Waals surface area (Å²) in [6.07, 6.45) is -0.194. The fourth-order valence-corrected chi connectivity index (χ4v) is 2.61. The molecule has 0 heterocycles. The first-order valence-electron chi connectivity index (χ1n) is 9.67. The highest BCUT2D eigenvalue weighted by atomic mass is 16.6. The van der Waals surface area contributed by atoms with E-state index in [2.05, 4.69) is 0 Å². The molecule has 0 saturated carbocycles. The van der Waals surface area contributed by atoms with Gasteiger partial charge in [-0.1, -0.05) is 48.5 Å². The fourth-order valence-electron chi connectivity index (χ4n) is 2.61. The lowest BCUT2D eigenvalue weighted by atomic mass is 9.98. The molecule has 30 heavy (non-hydrogen) atoms. The number of hydrogen-bond donors (Lipinski definition) is 0. The molecular weight excluding hydrogens is 388 g/mol. The average molecular weight is 414 g/mol. The van der Waals surface area contributed by atoms with E-state index in [1.807, 2.05) is 13.0 Å². The van der Waals surface area contributed by atoms with Crippen molar-refractivity contribution in [2.45, 2.75) is 20.0 Å². The molecule has 0 fully saturated rings. The van der Waals surface area contributed by atoms with Crippen LogP contribution in [0.3, 0.4) is 0 Å². The fraction of sp³-hybridized carbons (Fsp3) is 0.348. The third-order valence-corrected chi connectivity index (χ3v) is 4.03. The first-order valence-corrected chi connectivity index (χ1v) is 9.67. The Bertz CT molecular complexity index is 832. The molecular formula is C23H26O7. The van der Waals surface area contributed by atoms with Gasteiger partial charge in [0.2, 0.25) is 0 Å². The highest BCUT2D eigenvalue weighted by Gasteiger charge is 2.18. The predicted molar refractivity (Wildman–Crippen MR) is 109 cm³/mol. The first-order chi connectivity index (χ1) is 14.5. The number of ether oxygens (including phenoxy) is 4. The van der Waals surface area contributed by atoms with Gasteiger partial charge in [-0.2, -0.15) is 0 Å². The van der Waals surface area contributed by atoms with Gasteiger partial charge in [0.1, 0.15) is 13.2 Å². The number of benzene rings is 2. The van der Waals surface area contributed by atoms with E-state index in [1.54, 1.807) is 48.5 Å². The normalized spacial score (nSPS) is 11.5. The van der Waals surface area contributed by atoms with Crippen LogP contribution in [0.5, 0.6) is 0 Å². The Balaban J connectivity index is 1.75. The van der Waals surface area contributed by atoms with Crippen LogP contribution in [0.4, 0.5) is 0 Å². The third kappa shape index (κ3) is 7.77. The summed E-state index contributed by atoms with van der Waals surface area (Å²) in [5.41, 5.74) is 1.02. The zero-order chi connectivity index (χ0) is 21.8. The van der Waals surface area contributed by atoms with E-state index in [4.69, 9.17) is 18.9 Å². The second-order valence-electron chi connectivity index (χ2n) is 6.47. The van der Waals surface area contributed by atoms with E-state index >= 15 is 0 Å². The Hall–Kier alpha value is -3.03. The monoisotopic (exact) mass is 414 g/mol. The molecule has 0 N–H and O–H groups in total. The van der Waals surface area contributed by atoms with Gasteiger partial charge in [-0.15, -0.1) is 0 Å². The maximum Gasteiger partial charge on any atom is 0.338 e. The van der Waals surface area contributed by atoms with Crippen LogP contribution in [0.2, 0.25) is 0 Å². The summed E-state index contributed by atoms with van der Waals surface area (Å²) in [5.74, 6) is -1.17. The maximum absolute atomic E-state index is 12.7. The van der Waals surface area contributed by atoms with Crippen molar-refractivity contribution in [3.8, 4) is 0 Å². The molecule has 1 unspecified atom stereocenters. The van der Waals surface area contributed by atoms with Crippen molar-refractivity contribution < 1.29 is 33.3 Å². The van der Waals surface area contributed by atoms with E-state index in [1.165, 1.54) is 6.92 Å². The highest BCUT2D eigenvalue weighted by Crippen LogP contribution is 2.15. The van der Waals surface area contributed by atoms with Gasteiger partial charge in [-0.25, -0.2) is 4.79 Å². The summed E-state index contributed by atoms with van der Waals surface area (Å²) in [6, 6.07) is 15.3. The molecule has 160 valence electrons. The molecule has 0 aromatic heterocycles. The lowest BCUT2D eigenvalue weighted by Gasteiger charge is -2.14. The summed E-state index contributed by atoms with van der Waals surface area (Å²) in [6.45, 7) is 4.19. The lowest BCUT2D eigenvalue weighted by molar-refractivity contribution is -0.143. The van der Waals surface area contributed by atoms with Gasteiger partial charge >= 0.3 is 11.9 Å². The van der Waals surface area contributed by atoms with Crippen LogP contribution in [0.15, 0.2) is 54.6 Å². The molecule has 0 aliphatic carbocycles. The Morgan fingerprint density at radius 3 is 2.13 bits per heavy atom. The molecule has 0 saturated heterocycles. The quantitative estimate of drug-likeness (QED) is 0.300. The molecule has 0 aliphatic rings. The zero-order valence-corrected chi connectivity index (χ0v) is 17.2. The van der Waals surface area contributed by atoms with Gasteiger partial charge in [0.05, 0.1) is 31.5 Å². The predicted octanol–water partition coefficient (Wildman–Crippen LogP) is 3.06. The van der Waals surface area contributed by atoms with Crippen molar-refractivity contribution >= 4 is 17.7 Å². The van der Waals surface area contributed by atoms with Crippen LogP contribution in [0, 0.1) is 0 Å². The van der Waals surface area contributed by atoms with Crippen molar-refractivity contribution in [1.82, 2.24) is 0 Å². The van der Waals surface area contributed by atoms with Crippen molar-refractivity contribution in [2.24, 2.45) is 0 Å². The van der Waals surface area contributed by atoms with Crippen LogP contribution >= 0.6 is 0 Å². The smallest absolute Gasteiger partial charge is 0.338 e. The van der Waals surface area contributed by atoms with E-state index in [0.29, 0.717) is 17.7 Å². The summed E-state index contributed by atoms with van der Waals surface area (Å²) >= 11 is 0. The van der Waals surface area contributed by atoms with E-state index in [-0.39, 0.29) is 49.8 Å². The zero-order valence-electron chi connectivity index (χ0n) is 17.2. The van der Waals surface area contributed by atoms with Crippen molar-refractivity contribution in [2.75, 3.05) is 33.0 Å². The number of carbonyl (C=O) groups excluding carboxylic acids is 3. The summed E-state index contributed by atoms with van der Waals surface area (Å²) < 4.78 is 20.9.